The summed E-state index contributed by atoms with van der Waals surface area (Å²) in [7, 11) is 0. The van der Waals surface area contributed by atoms with E-state index in [0.717, 1.165) is 0 Å². The molecule has 0 aromatic heterocycles. The van der Waals surface area contributed by atoms with Crippen molar-refractivity contribution in [2.75, 3.05) is 0 Å². The van der Waals surface area contributed by atoms with Crippen LogP contribution in [0.4, 0.5) is 13.2 Å². The molecule has 0 heterocycles. The van der Waals surface area contributed by atoms with Gasteiger partial charge in [0.05, 0.1) is 6.04 Å². The second-order valence-corrected chi connectivity index (χ2v) is 8.16. The lowest BCUT2D eigenvalue weighted by molar-refractivity contribution is -0.175. The Morgan fingerprint density at radius 1 is 0.970 bits per heavy atom. The van der Waals surface area contributed by atoms with E-state index in [1.165, 1.54) is 26.0 Å². The van der Waals surface area contributed by atoms with E-state index in [2.05, 4.69) is 10.6 Å². The second kappa shape index (κ2) is 11.7. The van der Waals surface area contributed by atoms with E-state index in [1.807, 2.05) is 0 Å². The van der Waals surface area contributed by atoms with E-state index in [0.29, 0.717) is 16.1 Å². The Morgan fingerprint density at radius 2 is 1.58 bits per heavy atom. The Balaban J connectivity index is 2.19. The highest BCUT2D eigenvalue weighted by molar-refractivity contribution is 6.30. The first-order valence-electron chi connectivity index (χ1n) is 10.2. The highest BCUT2D eigenvalue weighted by atomic mass is 35.5. The van der Waals surface area contributed by atoms with Gasteiger partial charge in [-0.1, -0.05) is 67.9 Å². The van der Waals surface area contributed by atoms with Crippen LogP contribution in [0, 0.1) is 5.92 Å². The molecule has 2 amide bonds. The number of alkyl halides is 3. The Hall–Kier alpha value is -3.13. The van der Waals surface area contributed by atoms with Crippen LogP contribution in [0.1, 0.15) is 25.0 Å². The van der Waals surface area contributed by atoms with Gasteiger partial charge in [-0.3, -0.25) is 14.4 Å². The fraction of sp³-hybridized carbons (Fsp3) is 0.292. The molecular formula is C24H24ClF3N2O3. The summed E-state index contributed by atoms with van der Waals surface area (Å²) in [5.41, 5.74) is 1.37. The zero-order valence-corrected chi connectivity index (χ0v) is 18.8. The molecule has 2 unspecified atom stereocenters. The molecule has 2 atom stereocenters. The molecule has 9 heteroatoms. The van der Waals surface area contributed by atoms with Gasteiger partial charge < -0.3 is 10.6 Å². The van der Waals surface area contributed by atoms with Crippen molar-refractivity contribution in [1.82, 2.24) is 10.6 Å². The molecule has 33 heavy (non-hydrogen) atoms. The average molecular weight is 481 g/mol. The molecule has 0 fully saturated rings. The number of hydrogen-bond acceptors (Lipinski definition) is 3. The van der Waals surface area contributed by atoms with Crippen molar-refractivity contribution < 1.29 is 27.6 Å². The highest BCUT2D eigenvalue weighted by Gasteiger charge is 2.45. The first-order valence-corrected chi connectivity index (χ1v) is 10.5. The standard InChI is InChI=1S/C24H24ClF3N2O3/c1-15(2)21(22(32)24(26,27)28)30-23(33)19(14-17-6-4-3-5-7-17)29-20(31)13-10-16-8-11-18(25)12-9-16/h3-13,15,19,21H,14H2,1-2H3,(H,29,31)(H,30,33)/b13-10+. The predicted octanol–water partition coefficient (Wildman–Crippen LogP) is 4.35. The number of ketones is 1. The van der Waals surface area contributed by atoms with Gasteiger partial charge in [0, 0.05) is 17.5 Å². The Morgan fingerprint density at radius 3 is 2.12 bits per heavy atom. The predicted molar refractivity (Wildman–Crippen MR) is 120 cm³/mol. The van der Waals surface area contributed by atoms with E-state index in [1.54, 1.807) is 54.6 Å². The molecule has 176 valence electrons. The maximum Gasteiger partial charge on any atom is 0.452 e. The van der Waals surface area contributed by atoms with Crippen molar-refractivity contribution >= 4 is 35.3 Å². The summed E-state index contributed by atoms with van der Waals surface area (Å²) in [6.45, 7) is 2.79. The van der Waals surface area contributed by atoms with Gasteiger partial charge in [-0.05, 0) is 35.3 Å². The van der Waals surface area contributed by atoms with Crippen LogP contribution < -0.4 is 10.6 Å². The van der Waals surface area contributed by atoms with Crippen molar-refractivity contribution in [3.63, 3.8) is 0 Å². The van der Waals surface area contributed by atoms with Crippen LogP contribution in [0.15, 0.2) is 60.7 Å². The lowest BCUT2D eigenvalue weighted by Gasteiger charge is -2.25. The number of carbonyl (C=O) groups is 3. The summed E-state index contributed by atoms with van der Waals surface area (Å²) >= 11 is 5.83. The van der Waals surface area contributed by atoms with Crippen LogP contribution in [0.3, 0.4) is 0 Å². The zero-order chi connectivity index (χ0) is 24.6. The number of hydrogen-bond donors (Lipinski definition) is 2. The zero-order valence-electron chi connectivity index (χ0n) is 18.0. The number of halogens is 4. The number of nitrogens with one attached hydrogen (secondary N) is 2. The molecule has 0 saturated heterocycles. The normalized spacial score (nSPS) is 13.5. The molecule has 2 N–H and O–H groups in total. The van der Waals surface area contributed by atoms with Crippen LogP contribution >= 0.6 is 11.6 Å². The summed E-state index contributed by atoms with van der Waals surface area (Å²) in [5.74, 6) is -4.35. The molecule has 0 aliphatic heterocycles. The van der Waals surface area contributed by atoms with Crippen LogP contribution in [0.25, 0.3) is 6.08 Å². The van der Waals surface area contributed by atoms with E-state index in [-0.39, 0.29) is 6.42 Å². The molecule has 2 aromatic rings. The number of amides is 2. The maximum atomic E-state index is 13.0. The summed E-state index contributed by atoms with van der Waals surface area (Å²) in [5, 5.41) is 5.21. The van der Waals surface area contributed by atoms with Gasteiger partial charge in [-0.15, -0.1) is 0 Å². The Labute approximate surface area is 195 Å². The summed E-state index contributed by atoms with van der Waals surface area (Å²) < 4.78 is 38.9. The monoisotopic (exact) mass is 480 g/mol. The molecule has 0 bridgehead atoms. The van der Waals surface area contributed by atoms with E-state index < -0.39 is 41.8 Å². The first kappa shape index (κ1) is 26.1. The van der Waals surface area contributed by atoms with Crippen LogP contribution in [-0.2, 0) is 20.8 Å². The molecule has 0 radical (unpaired) electrons. The number of benzene rings is 2. The van der Waals surface area contributed by atoms with Crippen LogP contribution in [-0.4, -0.2) is 35.9 Å². The van der Waals surface area contributed by atoms with Crippen molar-refractivity contribution in [2.24, 2.45) is 5.92 Å². The number of carbonyl (C=O) groups excluding carboxylic acids is 3. The molecule has 0 aliphatic carbocycles. The van der Waals surface area contributed by atoms with E-state index >= 15 is 0 Å². The maximum absolute atomic E-state index is 13.0. The number of rotatable bonds is 9. The van der Waals surface area contributed by atoms with Crippen molar-refractivity contribution in [2.45, 2.75) is 38.5 Å². The van der Waals surface area contributed by atoms with E-state index in [4.69, 9.17) is 11.6 Å². The Kier molecular flexibility index (Phi) is 9.22. The molecule has 2 aromatic carbocycles. The fourth-order valence-electron chi connectivity index (χ4n) is 2.99. The summed E-state index contributed by atoms with van der Waals surface area (Å²) in [6, 6.07) is 12.4. The third-order valence-electron chi connectivity index (χ3n) is 4.74. The van der Waals surface area contributed by atoms with Crippen LogP contribution in [0.2, 0.25) is 5.02 Å². The molecular weight excluding hydrogens is 457 g/mol. The molecule has 0 saturated carbocycles. The smallest absolute Gasteiger partial charge is 0.344 e. The minimum atomic E-state index is -5.10. The lowest BCUT2D eigenvalue weighted by Crippen LogP contribution is -2.55. The Bertz CT molecular complexity index is 990. The van der Waals surface area contributed by atoms with Gasteiger partial charge in [0.25, 0.3) is 5.78 Å². The lowest BCUT2D eigenvalue weighted by atomic mass is 9.98. The van der Waals surface area contributed by atoms with Gasteiger partial charge in [0.1, 0.15) is 6.04 Å². The quantitative estimate of drug-likeness (QED) is 0.524. The van der Waals surface area contributed by atoms with Crippen molar-refractivity contribution in [1.29, 1.82) is 0 Å². The van der Waals surface area contributed by atoms with Gasteiger partial charge in [0.2, 0.25) is 11.8 Å². The average Bonchev–Trinajstić information content (AvgIpc) is 2.76. The van der Waals surface area contributed by atoms with Gasteiger partial charge in [-0.25, -0.2) is 0 Å². The minimum Gasteiger partial charge on any atom is -0.344 e. The molecule has 0 aliphatic rings. The SMILES string of the molecule is CC(C)C(NC(=O)C(Cc1ccccc1)NC(=O)/C=C/c1ccc(Cl)cc1)C(=O)C(F)(F)F. The van der Waals surface area contributed by atoms with E-state index in [9.17, 15) is 27.6 Å². The second-order valence-electron chi connectivity index (χ2n) is 7.73. The summed E-state index contributed by atoms with van der Waals surface area (Å²) in [6.07, 6.45) is -2.36. The van der Waals surface area contributed by atoms with Gasteiger partial charge in [0.15, 0.2) is 0 Å². The van der Waals surface area contributed by atoms with Crippen molar-refractivity contribution in [3.05, 3.63) is 76.8 Å². The third-order valence-corrected chi connectivity index (χ3v) is 4.99. The highest BCUT2D eigenvalue weighted by Crippen LogP contribution is 2.21. The molecule has 2 rings (SSSR count). The molecule has 5 nitrogen and oxygen atoms in total. The largest absolute Gasteiger partial charge is 0.452 e. The topological polar surface area (TPSA) is 75.3 Å². The van der Waals surface area contributed by atoms with Gasteiger partial charge in [-0.2, -0.15) is 13.2 Å². The van der Waals surface area contributed by atoms with Crippen molar-refractivity contribution in [3.8, 4) is 0 Å². The summed E-state index contributed by atoms with van der Waals surface area (Å²) in [4.78, 5) is 37.1. The third kappa shape index (κ3) is 8.38. The van der Waals surface area contributed by atoms with Gasteiger partial charge >= 0.3 is 6.18 Å². The van der Waals surface area contributed by atoms with Crippen LogP contribution in [0.5, 0.6) is 0 Å². The number of Topliss-reactive ketones (excluding diaryl/α,β-unsaturated/α-hetero) is 1. The first-order chi connectivity index (χ1) is 15.5. The minimum absolute atomic E-state index is 0.0260. The molecule has 0 spiro atoms. The fourth-order valence-corrected chi connectivity index (χ4v) is 3.12.